The van der Waals surface area contributed by atoms with Crippen molar-refractivity contribution in [2.45, 2.75) is 26.2 Å². The van der Waals surface area contributed by atoms with Crippen LogP contribution in [-0.4, -0.2) is 24.9 Å². The monoisotopic (exact) mass is 275 g/mol. The Balaban J connectivity index is 1.98. The number of nitrogens with zero attached hydrogens (tertiary/aromatic N) is 1. The van der Waals surface area contributed by atoms with Gasteiger partial charge in [-0.3, -0.25) is 9.59 Å². The molecule has 2 amide bonds. The molecule has 1 aliphatic rings. The third kappa shape index (κ3) is 3.36. The van der Waals surface area contributed by atoms with Crippen LogP contribution in [0.25, 0.3) is 0 Å². The van der Waals surface area contributed by atoms with E-state index in [2.05, 4.69) is 5.32 Å². The van der Waals surface area contributed by atoms with Gasteiger partial charge in [-0.15, -0.1) is 0 Å². The van der Waals surface area contributed by atoms with E-state index in [1.165, 1.54) is 0 Å². The molecule has 0 bridgehead atoms. The smallest absolute Gasteiger partial charge is 0.227 e. The maximum absolute atomic E-state index is 11.9. The molecule has 0 spiro atoms. The van der Waals surface area contributed by atoms with Gasteiger partial charge in [0.05, 0.1) is 0 Å². The first-order chi connectivity index (χ1) is 9.61. The molecular formula is C15H21N3O2. The number of nitrogens with one attached hydrogen (secondary N) is 1. The van der Waals surface area contributed by atoms with Crippen LogP contribution >= 0.6 is 0 Å². The second-order valence-electron chi connectivity index (χ2n) is 5.16. The highest BCUT2D eigenvalue weighted by atomic mass is 16.2. The first kappa shape index (κ1) is 14.5. The van der Waals surface area contributed by atoms with E-state index < -0.39 is 0 Å². The molecule has 1 fully saturated rings. The van der Waals surface area contributed by atoms with Crippen LogP contribution in [0.3, 0.4) is 0 Å². The number of nitrogens with two attached hydrogens (primary N) is 1. The van der Waals surface area contributed by atoms with Crippen molar-refractivity contribution in [3.8, 4) is 0 Å². The summed E-state index contributed by atoms with van der Waals surface area (Å²) in [4.78, 5) is 25.3. The van der Waals surface area contributed by atoms with Gasteiger partial charge in [0, 0.05) is 30.3 Å². The molecule has 108 valence electrons. The van der Waals surface area contributed by atoms with E-state index in [4.69, 9.17) is 5.73 Å². The van der Waals surface area contributed by atoms with Crippen LogP contribution in [0.2, 0.25) is 0 Å². The number of carbonyl (C=O) groups is 2. The molecule has 20 heavy (non-hydrogen) atoms. The lowest BCUT2D eigenvalue weighted by molar-refractivity contribution is -0.119. The Hall–Kier alpha value is -1.88. The lowest BCUT2D eigenvalue weighted by atomic mass is 10.1. The molecule has 1 heterocycles. The maximum Gasteiger partial charge on any atom is 0.227 e. The zero-order valence-electron chi connectivity index (χ0n) is 11.8. The van der Waals surface area contributed by atoms with Gasteiger partial charge in [0.1, 0.15) is 0 Å². The second kappa shape index (κ2) is 6.52. The third-order valence-corrected chi connectivity index (χ3v) is 3.57. The third-order valence-electron chi connectivity index (χ3n) is 3.57. The summed E-state index contributed by atoms with van der Waals surface area (Å²) in [7, 11) is 0. The highest BCUT2D eigenvalue weighted by Gasteiger charge is 2.21. The molecular weight excluding hydrogens is 254 g/mol. The van der Waals surface area contributed by atoms with Crippen LogP contribution in [0, 0.1) is 5.92 Å². The van der Waals surface area contributed by atoms with E-state index in [1.807, 2.05) is 31.2 Å². The van der Waals surface area contributed by atoms with Crippen LogP contribution in [0.1, 0.15) is 26.2 Å². The number of amides is 2. The van der Waals surface area contributed by atoms with E-state index in [1.54, 1.807) is 4.90 Å². The van der Waals surface area contributed by atoms with Gasteiger partial charge < -0.3 is 16.0 Å². The fraction of sp³-hybridized carbons (Fsp3) is 0.467. The molecule has 1 unspecified atom stereocenters. The van der Waals surface area contributed by atoms with Crippen molar-refractivity contribution in [3.63, 3.8) is 0 Å². The summed E-state index contributed by atoms with van der Waals surface area (Å²) in [6.07, 6.45) is 2.20. The topological polar surface area (TPSA) is 75.4 Å². The first-order valence-electron chi connectivity index (χ1n) is 7.03. The molecule has 1 atom stereocenters. The Morgan fingerprint density at radius 3 is 2.65 bits per heavy atom. The second-order valence-corrected chi connectivity index (χ2v) is 5.16. The van der Waals surface area contributed by atoms with Gasteiger partial charge >= 0.3 is 0 Å². The Kier molecular flexibility index (Phi) is 4.74. The zero-order valence-corrected chi connectivity index (χ0v) is 11.8. The quantitative estimate of drug-likeness (QED) is 0.859. The molecule has 3 N–H and O–H groups in total. The summed E-state index contributed by atoms with van der Waals surface area (Å²) in [5.41, 5.74) is 7.08. The van der Waals surface area contributed by atoms with Crippen molar-refractivity contribution in [1.29, 1.82) is 0 Å². The van der Waals surface area contributed by atoms with Gasteiger partial charge in [0.15, 0.2) is 0 Å². The molecule has 0 saturated carbocycles. The van der Waals surface area contributed by atoms with Crippen LogP contribution < -0.4 is 16.0 Å². The average Bonchev–Trinajstić information content (AvgIpc) is 2.86. The Labute approximate surface area is 119 Å². The summed E-state index contributed by atoms with van der Waals surface area (Å²) in [6.45, 7) is 3.14. The van der Waals surface area contributed by atoms with Gasteiger partial charge in [0.2, 0.25) is 11.8 Å². The van der Waals surface area contributed by atoms with Gasteiger partial charge in [-0.2, -0.15) is 0 Å². The average molecular weight is 275 g/mol. The fourth-order valence-electron chi connectivity index (χ4n) is 2.29. The SMILES string of the molecule is CC(CCN)C(=O)Nc1ccc(N2CCCC2=O)cc1. The number of hydrogen-bond acceptors (Lipinski definition) is 3. The summed E-state index contributed by atoms with van der Waals surface area (Å²) in [6, 6.07) is 7.39. The van der Waals surface area contributed by atoms with Crippen LogP contribution in [-0.2, 0) is 9.59 Å². The van der Waals surface area contributed by atoms with Crippen molar-refractivity contribution >= 4 is 23.2 Å². The fourth-order valence-corrected chi connectivity index (χ4v) is 2.29. The van der Waals surface area contributed by atoms with E-state index in [0.29, 0.717) is 19.4 Å². The number of carbonyl (C=O) groups excluding carboxylic acids is 2. The summed E-state index contributed by atoms with van der Waals surface area (Å²) >= 11 is 0. The predicted octanol–water partition coefficient (Wildman–Crippen LogP) is 1.74. The van der Waals surface area contributed by atoms with Crippen LogP contribution in [0.15, 0.2) is 24.3 Å². The van der Waals surface area contributed by atoms with Crippen LogP contribution in [0.5, 0.6) is 0 Å². The van der Waals surface area contributed by atoms with Crippen molar-refractivity contribution in [2.24, 2.45) is 11.7 Å². The normalized spacial score (nSPS) is 16.3. The molecule has 0 radical (unpaired) electrons. The number of anilines is 2. The summed E-state index contributed by atoms with van der Waals surface area (Å²) in [5.74, 6) is 0.0404. The molecule has 1 aromatic rings. The van der Waals surface area contributed by atoms with Gasteiger partial charge in [-0.1, -0.05) is 6.92 Å². The van der Waals surface area contributed by atoms with Crippen molar-refractivity contribution < 1.29 is 9.59 Å². The minimum atomic E-state index is -0.0974. The van der Waals surface area contributed by atoms with Crippen LogP contribution in [0.4, 0.5) is 11.4 Å². The molecule has 0 aliphatic carbocycles. The maximum atomic E-state index is 11.9. The van der Waals surface area contributed by atoms with E-state index in [0.717, 1.165) is 24.3 Å². The number of hydrogen-bond donors (Lipinski definition) is 2. The molecule has 1 aliphatic heterocycles. The van der Waals surface area contributed by atoms with Crippen molar-refractivity contribution in [3.05, 3.63) is 24.3 Å². The molecule has 5 nitrogen and oxygen atoms in total. The highest BCUT2D eigenvalue weighted by molar-refractivity contribution is 5.96. The Morgan fingerprint density at radius 1 is 1.40 bits per heavy atom. The predicted molar refractivity (Wildman–Crippen MR) is 79.5 cm³/mol. The van der Waals surface area contributed by atoms with Gasteiger partial charge in [-0.05, 0) is 43.7 Å². The Bertz CT molecular complexity index is 484. The molecule has 2 rings (SSSR count). The minimum Gasteiger partial charge on any atom is -0.330 e. The largest absolute Gasteiger partial charge is 0.330 e. The van der Waals surface area contributed by atoms with E-state index in [9.17, 15) is 9.59 Å². The molecule has 1 aromatic carbocycles. The van der Waals surface area contributed by atoms with Gasteiger partial charge in [0.25, 0.3) is 0 Å². The lowest BCUT2D eigenvalue weighted by Gasteiger charge is -2.16. The first-order valence-corrected chi connectivity index (χ1v) is 7.03. The summed E-state index contributed by atoms with van der Waals surface area (Å²) < 4.78 is 0. The standard InChI is InChI=1S/C15H21N3O2/c1-11(8-9-16)15(20)17-12-4-6-13(7-5-12)18-10-2-3-14(18)19/h4-7,11H,2-3,8-10,16H2,1H3,(H,17,20). The zero-order chi connectivity index (χ0) is 14.5. The van der Waals surface area contributed by atoms with E-state index in [-0.39, 0.29) is 17.7 Å². The molecule has 0 aromatic heterocycles. The summed E-state index contributed by atoms with van der Waals surface area (Å²) in [5, 5.41) is 2.86. The van der Waals surface area contributed by atoms with Crippen molar-refractivity contribution in [1.82, 2.24) is 0 Å². The highest BCUT2D eigenvalue weighted by Crippen LogP contribution is 2.23. The molecule has 5 heteroatoms. The van der Waals surface area contributed by atoms with Crippen molar-refractivity contribution in [2.75, 3.05) is 23.3 Å². The van der Waals surface area contributed by atoms with Gasteiger partial charge in [-0.25, -0.2) is 0 Å². The molecule has 1 saturated heterocycles. The minimum absolute atomic E-state index is 0.0274. The number of rotatable bonds is 5. The number of benzene rings is 1. The lowest BCUT2D eigenvalue weighted by Crippen LogP contribution is -2.24. The van der Waals surface area contributed by atoms with E-state index >= 15 is 0 Å². The Morgan fingerprint density at radius 2 is 2.10 bits per heavy atom.